The summed E-state index contributed by atoms with van der Waals surface area (Å²) in [5.41, 5.74) is 0.0535. The van der Waals surface area contributed by atoms with E-state index in [4.69, 9.17) is 0 Å². The number of pyridine rings is 1. The number of hydrogen-bond acceptors (Lipinski definition) is 1. The summed E-state index contributed by atoms with van der Waals surface area (Å²) in [6.45, 7) is 1.70. The molecule has 2 rings (SSSR count). The maximum atomic E-state index is 13.4. The summed E-state index contributed by atoms with van der Waals surface area (Å²) < 4.78 is 52.7. The van der Waals surface area contributed by atoms with Crippen LogP contribution in [0.3, 0.4) is 0 Å². The lowest BCUT2D eigenvalue weighted by Crippen LogP contribution is -2.02. The molecule has 0 aliphatic rings. The molecule has 1 heterocycles. The lowest BCUT2D eigenvalue weighted by Gasteiger charge is -2.06. The Morgan fingerprint density at radius 2 is 1.53 bits per heavy atom. The molecule has 1 aromatic carbocycles. The van der Waals surface area contributed by atoms with Gasteiger partial charge in [0.1, 0.15) is 0 Å². The monoisotopic (exact) mass is 241 g/mol. The third-order valence-corrected chi connectivity index (χ3v) is 2.30. The summed E-state index contributed by atoms with van der Waals surface area (Å²) in [6.07, 6.45) is 0. The fraction of sp³-hybridized carbons (Fsp3) is 0.0833. The summed E-state index contributed by atoms with van der Waals surface area (Å²) in [4.78, 5) is 2.50. The van der Waals surface area contributed by atoms with Crippen LogP contribution in [0, 0.1) is 30.5 Å². The van der Waals surface area contributed by atoms with Gasteiger partial charge in [-0.2, -0.15) is 13.8 Å². The zero-order valence-corrected chi connectivity index (χ0v) is 8.77. The van der Waals surface area contributed by atoms with Gasteiger partial charge in [-0.3, -0.25) is 0 Å². The van der Waals surface area contributed by atoms with Crippen molar-refractivity contribution in [1.82, 2.24) is 4.98 Å². The smallest absolute Gasteiger partial charge is 0.201 e. The van der Waals surface area contributed by atoms with Crippen LogP contribution in [-0.2, 0) is 0 Å². The highest BCUT2D eigenvalue weighted by Crippen LogP contribution is 2.28. The lowest BCUT2D eigenvalue weighted by molar-refractivity contribution is 0.410. The average molecular weight is 241 g/mol. The van der Waals surface area contributed by atoms with Crippen LogP contribution in [0.4, 0.5) is 17.6 Å². The highest BCUT2D eigenvalue weighted by Gasteiger charge is 2.21. The van der Waals surface area contributed by atoms with Crippen molar-refractivity contribution in [3.8, 4) is 11.1 Å². The van der Waals surface area contributed by atoms with Gasteiger partial charge in [-0.1, -0.05) is 29.8 Å². The average Bonchev–Trinajstić information content (AvgIpc) is 2.27. The largest absolute Gasteiger partial charge is 0.252 e. The van der Waals surface area contributed by atoms with Crippen molar-refractivity contribution in [3.05, 3.63) is 53.4 Å². The third kappa shape index (κ3) is 2.00. The van der Waals surface area contributed by atoms with E-state index in [1.165, 1.54) is 12.1 Å². The molecule has 0 aliphatic heterocycles. The fourth-order valence-corrected chi connectivity index (χ4v) is 1.54. The molecular weight excluding hydrogens is 234 g/mol. The Kier molecular flexibility index (Phi) is 2.83. The molecule has 0 bridgehead atoms. The first-order chi connectivity index (χ1) is 8.00. The van der Waals surface area contributed by atoms with Crippen LogP contribution in [-0.4, -0.2) is 4.98 Å². The van der Waals surface area contributed by atoms with Crippen molar-refractivity contribution < 1.29 is 17.6 Å². The molecule has 0 radical (unpaired) electrons. The predicted molar refractivity (Wildman–Crippen MR) is 54.2 cm³/mol. The van der Waals surface area contributed by atoms with Crippen molar-refractivity contribution in [3.63, 3.8) is 0 Å². The second kappa shape index (κ2) is 4.16. The first kappa shape index (κ1) is 11.6. The van der Waals surface area contributed by atoms with Crippen LogP contribution in [0.5, 0.6) is 0 Å². The molecule has 0 saturated carbocycles. The van der Waals surface area contributed by atoms with Gasteiger partial charge in [0, 0.05) is 0 Å². The SMILES string of the molecule is Cc1cccc(-c2c(F)c(F)nc(F)c2F)c1. The molecule has 0 aliphatic carbocycles. The van der Waals surface area contributed by atoms with Gasteiger partial charge in [-0.05, 0) is 12.5 Å². The standard InChI is InChI=1S/C12H7F4N/c1-6-3-2-4-7(5-6)8-9(13)11(15)17-12(16)10(8)14/h2-5H,1H3. The molecule has 5 heteroatoms. The van der Waals surface area contributed by atoms with Crippen LogP contribution in [0.1, 0.15) is 5.56 Å². The predicted octanol–water partition coefficient (Wildman–Crippen LogP) is 3.61. The van der Waals surface area contributed by atoms with Crippen molar-refractivity contribution in [2.75, 3.05) is 0 Å². The Bertz CT molecular complexity index is 555. The zero-order chi connectivity index (χ0) is 12.6. The van der Waals surface area contributed by atoms with Crippen LogP contribution in [0.15, 0.2) is 24.3 Å². The molecule has 0 amide bonds. The van der Waals surface area contributed by atoms with E-state index >= 15 is 0 Å². The van der Waals surface area contributed by atoms with Gasteiger partial charge in [-0.15, -0.1) is 0 Å². The van der Waals surface area contributed by atoms with E-state index in [1.54, 1.807) is 19.1 Å². The minimum absolute atomic E-state index is 0.0696. The Morgan fingerprint density at radius 3 is 2.06 bits per heavy atom. The Hall–Kier alpha value is -1.91. The Balaban J connectivity index is 2.75. The van der Waals surface area contributed by atoms with Crippen LogP contribution >= 0.6 is 0 Å². The highest BCUT2D eigenvalue weighted by atomic mass is 19.2. The highest BCUT2D eigenvalue weighted by molar-refractivity contribution is 5.65. The van der Waals surface area contributed by atoms with Crippen LogP contribution in [0.2, 0.25) is 0 Å². The van der Waals surface area contributed by atoms with E-state index in [0.29, 0.717) is 0 Å². The van der Waals surface area contributed by atoms with E-state index in [9.17, 15) is 17.6 Å². The summed E-state index contributed by atoms with van der Waals surface area (Å²) in [5, 5.41) is 0. The van der Waals surface area contributed by atoms with Gasteiger partial charge in [0.05, 0.1) is 5.56 Å². The number of aromatic nitrogens is 1. The number of rotatable bonds is 1. The second-order valence-corrected chi connectivity index (χ2v) is 3.57. The molecule has 0 unspecified atom stereocenters. The summed E-state index contributed by atoms with van der Waals surface area (Å²) in [7, 11) is 0. The topological polar surface area (TPSA) is 12.9 Å². The molecule has 1 aromatic heterocycles. The summed E-state index contributed by atoms with van der Waals surface area (Å²) in [5.74, 6) is -6.29. The van der Waals surface area contributed by atoms with E-state index in [-0.39, 0.29) is 5.56 Å². The molecule has 1 nitrogen and oxygen atoms in total. The minimum Gasteiger partial charge on any atom is -0.201 e. The summed E-state index contributed by atoms with van der Waals surface area (Å²) >= 11 is 0. The normalized spacial score (nSPS) is 10.6. The maximum Gasteiger partial charge on any atom is 0.252 e. The van der Waals surface area contributed by atoms with Gasteiger partial charge < -0.3 is 0 Å². The van der Waals surface area contributed by atoms with Gasteiger partial charge >= 0.3 is 0 Å². The summed E-state index contributed by atoms with van der Waals surface area (Å²) in [6, 6.07) is 6.04. The zero-order valence-electron chi connectivity index (χ0n) is 8.77. The molecule has 0 saturated heterocycles. The maximum absolute atomic E-state index is 13.4. The first-order valence-electron chi connectivity index (χ1n) is 4.77. The molecule has 17 heavy (non-hydrogen) atoms. The number of nitrogens with zero attached hydrogens (tertiary/aromatic N) is 1. The molecule has 0 spiro atoms. The van der Waals surface area contributed by atoms with Crippen LogP contribution < -0.4 is 0 Å². The third-order valence-electron chi connectivity index (χ3n) is 2.30. The molecule has 0 fully saturated rings. The van der Waals surface area contributed by atoms with E-state index < -0.39 is 29.1 Å². The molecule has 0 N–H and O–H groups in total. The van der Waals surface area contributed by atoms with E-state index in [2.05, 4.69) is 4.98 Å². The quantitative estimate of drug-likeness (QED) is 0.549. The van der Waals surface area contributed by atoms with Crippen molar-refractivity contribution in [1.29, 1.82) is 0 Å². The van der Waals surface area contributed by atoms with Crippen LogP contribution in [0.25, 0.3) is 11.1 Å². The second-order valence-electron chi connectivity index (χ2n) is 3.57. The fourth-order valence-electron chi connectivity index (χ4n) is 1.54. The van der Waals surface area contributed by atoms with Gasteiger partial charge in [0.2, 0.25) is 0 Å². The van der Waals surface area contributed by atoms with E-state index in [1.807, 2.05) is 0 Å². The van der Waals surface area contributed by atoms with Crippen molar-refractivity contribution >= 4 is 0 Å². The van der Waals surface area contributed by atoms with E-state index in [0.717, 1.165) is 5.56 Å². The molecular formula is C12H7F4N. The Morgan fingerprint density at radius 1 is 0.941 bits per heavy atom. The molecule has 0 atom stereocenters. The molecule has 2 aromatic rings. The van der Waals surface area contributed by atoms with Crippen molar-refractivity contribution in [2.24, 2.45) is 0 Å². The number of halogens is 4. The van der Waals surface area contributed by atoms with Gasteiger partial charge in [-0.25, -0.2) is 8.78 Å². The van der Waals surface area contributed by atoms with Gasteiger partial charge in [0.15, 0.2) is 11.6 Å². The lowest BCUT2D eigenvalue weighted by atomic mass is 10.0. The molecule has 88 valence electrons. The number of hydrogen-bond donors (Lipinski definition) is 0. The number of aryl methyl sites for hydroxylation is 1. The van der Waals surface area contributed by atoms with Gasteiger partial charge in [0.25, 0.3) is 11.9 Å². The first-order valence-corrected chi connectivity index (χ1v) is 4.77. The number of benzene rings is 1. The van der Waals surface area contributed by atoms with Crippen molar-refractivity contribution in [2.45, 2.75) is 6.92 Å². The Labute approximate surface area is 94.7 Å². The minimum atomic E-state index is -1.65.